The van der Waals surface area contributed by atoms with Gasteiger partial charge in [-0.3, -0.25) is 0 Å². The molecule has 1 nitrogen and oxygen atoms in total. The van der Waals surface area contributed by atoms with Crippen LogP contribution in [0.3, 0.4) is 0 Å². The summed E-state index contributed by atoms with van der Waals surface area (Å²) in [6.45, 7) is 9.78. The van der Waals surface area contributed by atoms with Crippen molar-refractivity contribution in [1.82, 2.24) is 4.90 Å². The molecule has 1 rings (SSSR count). The quantitative estimate of drug-likeness (QED) is 0.639. The maximum Gasteiger partial charge on any atom is 0.0230 e. The summed E-state index contributed by atoms with van der Waals surface area (Å²) in [6.07, 6.45) is 2.97. The van der Waals surface area contributed by atoms with Crippen LogP contribution in [0.15, 0.2) is 49.6 Å². The largest absolute Gasteiger partial charge is 0.302 e. The molecule has 0 N–H and O–H groups in total. The molecule has 0 atom stereocenters. The van der Waals surface area contributed by atoms with Gasteiger partial charge in [0, 0.05) is 13.1 Å². The van der Waals surface area contributed by atoms with Gasteiger partial charge in [-0.25, -0.2) is 0 Å². The third-order valence-corrected chi connectivity index (χ3v) is 2.36. The van der Waals surface area contributed by atoms with Gasteiger partial charge in [0.25, 0.3) is 0 Å². The molecular weight excluding hydrogens is 182 g/mol. The lowest BCUT2D eigenvalue weighted by molar-refractivity contribution is 0.384. The van der Waals surface area contributed by atoms with Crippen molar-refractivity contribution >= 4 is 5.57 Å². The van der Waals surface area contributed by atoms with Crippen LogP contribution in [-0.2, 0) is 0 Å². The number of likely N-dealkylation sites (N-methyl/N-ethyl adjacent to an activating group) is 1. The number of hydrogen-bond acceptors (Lipinski definition) is 1. The first kappa shape index (κ1) is 11.7. The molecule has 0 unspecified atom stereocenters. The lowest BCUT2D eigenvalue weighted by Crippen LogP contribution is -2.21. The van der Waals surface area contributed by atoms with Gasteiger partial charge in [0.05, 0.1) is 0 Å². The summed E-state index contributed by atoms with van der Waals surface area (Å²) in [5.41, 5.74) is 2.39. The molecule has 0 aliphatic rings. The van der Waals surface area contributed by atoms with E-state index < -0.39 is 0 Å². The van der Waals surface area contributed by atoms with Crippen molar-refractivity contribution in [1.29, 1.82) is 0 Å². The zero-order valence-corrected chi connectivity index (χ0v) is 9.45. The normalized spacial score (nSPS) is 10.3. The minimum atomic E-state index is 0.915. The van der Waals surface area contributed by atoms with E-state index in [0.29, 0.717) is 0 Å². The molecule has 0 aliphatic carbocycles. The first-order valence-electron chi connectivity index (χ1n) is 5.26. The van der Waals surface area contributed by atoms with Crippen LogP contribution in [0.4, 0.5) is 0 Å². The molecule has 15 heavy (non-hydrogen) atoms. The fraction of sp³-hybridized carbons (Fsp3) is 0.286. The van der Waals surface area contributed by atoms with E-state index in [1.807, 2.05) is 24.3 Å². The van der Waals surface area contributed by atoms with E-state index in [2.05, 4.69) is 37.2 Å². The second-order valence-corrected chi connectivity index (χ2v) is 3.78. The molecule has 0 fully saturated rings. The number of benzene rings is 1. The summed E-state index contributed by atoms with van der Waals surface area (Å²) in [7, 11) is 2.11. The molecular formula is C14H19N. The van der Waals surface area contributed by atoms with Gasteiger partial charge < -0.3 is 4.90 Å². The highest BCUT2D eigenvalue weighted by Crippen LogP contribution is 2.12. The van der Waals surface area contributed by atoms with Crippen molar-refractivity contribution in [2.24, 2.45) is 0 Å². The summed E-state index contributed by atoms with van der Waals surface area (Å²) in [5, 5.41) is 0. The Morgan fingerprint density at radius 2 is 2.00 bits per heavy atom. The average Bonchev–Trinajstić information content (AvgIpc) is 2.27. The van der Waals surface area contributed by atoms with Crippen molar-refractivity contribution in [3.8, 4) is 0 Å². The van der Waals surface area contributed by atoms with Crippen molar-refractivity contribution in [3.05, 3.63) is 55.1 Å². The molecule has 1 aromatic carbocycles. The standard InChI is InChI=1S/C14H19N/c1-4-5-11-15(3)12-13(2)14-9-7-6-8-10-14/h4,6-10H,1-2,5,11-12H2,3H3. The molecule has 80 valence electrons. The van der Waals surface area contributed by atoms with E-state index in [9.17, 15) is 0 Å². The van der Waals surface area contributed by atoms with Gasteiger partial charge >= 0.3 is 0 Å². The molecule has 0 amide bonds. The number of rotatable bonds is 6. The highest BCUT2D eigenvalue weighted by atomic mass is 15.1. The minimum absolute atomic E-state index is 0.915. The summed E-state index contributed by atoms with van der Waals surface area (Å²) < 4.78 is 0. The van der Waals surface area contributed by atoms with Gasteiger partial charge in [-0.2, -0.15) is 0 Å². The lowest BCUT2D eigenvalue weighted by Gasteiger charge is -2.17. The zero-order valence-electron chi connectivity index (χ0n) is 9.45. The van der Waals surface area contributed by atoms with Gasteiger partial charge in [0.1, 0.15) is 0 Å². The van der Waals surface area contributed by atoms with Crippen LogP contribution >= 0.6 is 0 Å². The minimum Gasteiger partial charge on any atom is -0.302 e. The highest BCUT2D eigenvalue weighted by Gasteiger charge is 2.01. The van der Waals surface area contributed by atoms with E-state index in [-0.39, 0.29) is 0 Å². The summed E-state index contributed by atoms with van der Waals surface area (Å²) >= 11 is 0. The first-order chi connectivity index (χ1) is 7.24. The van der Waals surface area contributed by atoms with Gasteiger partial charge in [0.15, 0.2) is 0 Å². The van der Waals surface area contributed by atoms with Crippen molar-refractivity contribution in [2.45, 2.75) is 6.42 Å². The Bertz CT molecular complexity index is 313. The Morgan fingerprint density at radius 3 is 2.60 bits per heavy atom. The molecule has 0 saturated heterocycles. The Morgan fingerprint density at radius 1 is 1.33 bits per heavy atom. The van der Waals surface area contributed by atoms with E-state index in [0.717, 1.165) is 19.5 Å². The summed E-state index contributed by atoms with van der Waals surface area (Å²) in [6, 6.07) is 10.3. The smallest absolute Gasteiger partial charge is 0.0230 e. The molecule has 1 aromatic rings. The predicted octanol–water partition coefficient (Wildman–Crippen LogP) is 3.21. The highest BCUT2D eigenvalue weighted by molar-refractivity contribution is 5.64. The zero-order chi connectivity index (χ0) is 11.1. The van der Waals surface area contributed by atoms with Gasteiger partial charge in [-0.1, -0.05) is 43.0 Å². The maximum absolute atomic E-state index is 4.11. The van der Waals surface area contributed by atoms with E-state index in [1.165, 1.54) is 11.1 Å². The molecule has 0 spiro atoms. The molecule has 1 heteroatoms. The molecule has 0 radical (unpaired) electrons. The second-order valence-electron chi connectivity index (χ2n) is 3.78. The van der Waals surface area contributed by atoms with E-state index in [4.69, 9.17) is 0 Å². The lowest BCUT2D eigenvalue weighted by atomic mass is 10.1. The Labute approximate surface area is 92.7 Å². The fourth-order valence-electron chi connectivity index (χ4n) is 1.48. The average molecular weight is 201 g/mol. The van der Waals surface area contributed by atoms with Gasteiger partial charge in [-0.05, 0) is 24.6 Å². The monoisotopic (exact) mass is 201 g/mol. The number of hydrogen-bond donors (Lipinski definition) is 0. The maximum atomic E-state index is 4.11. The SMILES string of the molecule is C=CCCN(C)CC(=C)c1ccccc1. The van der Waals surface area contributed by atoms with Crippen LogP contribution in [0.1, 0.15) is 12.0 Å². The van der Waals surface area contributed by atoms with Crippen LogP contribution < -0.4 is 0 Å². The molecule has 0 bridgehead atoms. The van der Waals surface area contributed by atoms with Crippen LogP contribution in [0, 0.1) is 0 Å². The summed E-state index contributed by atoms with van der Waals surface area (Å²) in [5.74, 6) is 0. The topological polar surface area (TPSA) is 3.24 Å². The van der Waals surface area contributed by atoms with Crippen molar-refractivity contribution < 1.29 is 0 Å². The third-order valence-electron chi connectivity index (χ3n) is 2.36. The number of nitrogens with zero attached hydrogens (tertiary/aromatic N) is 1. The molecule has 0 saturated carbocycles. The van der Waals surface area contributed by atoms with Crippen molar-refractivity contribution in [2.75, 3.05) is 20.1 Å². The second kappa shape index (κ2) is 6.20. The van der Waals surface area contributed by atoms with Crippen LogP contribution in [-0.4, -0.2) is 25.0 Å². The van der Waals surface area contributed by atoms with E-state index in [1.54, 1.807) is 0 Å². The van der Waals surface area contributed by atoms with Crippen LogP contribution in [0.25, 0.3) is 5.57 Å². The first-order valence-corrected chi connectivity index (χ1v) is 5.26. The fourth-order valence-corrected chi connectivity index (χ4v) is 1.48. The molecule has 0 aliphatic heterocycles. The predicted molar refractivity (Wildman–Crippen MR) is 67.8 cm³/mol. The van der Waals surface area contributed by atoms with Gasteiger partial charge in [0.2, 0.25) is 0 Å². The van der Waals surface area contributed by atoms with Crippen LogP contribution in [0.5, 0.6) is 0 Å². The van der Waals surface area contributed by atoms with E-state index >= 15 is 0 Å². The Kier molecular flexibility index (Phi) is 4.85. The molecule has 0 aromatic heterocycles. The third kappa shape index (κ3) is 4.13. The van der Waals surface area contributed by atoms with Crippen molar-refractivity contribution in [3.63, 3.8) is 0 Å². The Hall–Kier alpha value is -1.34. The van der Waals surface area contributed by atoms with Gasteiger partial charge in [-0.15, -0.1) is 6.58 Å². The summed E-state index contributed by atoms with van der Waals surface area (Å²) in [4.78, 5) is 2.26. The molecule has 0 heterocycles. The van der Waals surface area contributed by atoms with Crippen LogP contribution in [0.2, 0.25) is 0 Å². The Balaban J connectivity index is 2.45.